The molecule has 0 bridgehead atoms. The van der Waals surface area contributed by atoms with Crippen LogP contribution in [-0.2, 0) is 4.79 Å². The Morgan fingerprint density at radius 3 is 2.20 bits per heavy atom. The van der Waals surface area contributed by atoms with Crippen molar-refractivity contribution in [1.29, 1.82) is 0 Å². The van der Waals surface area contributed by atoms with Crippen LogP contribution in [0.2, 0.25) is 0 Å². The van der Waals surface area contributed by atoms with Gasteiger partial charge in [0, 0.05) is 12.2 Å². The first-order valence-electron chi connectivity index (χ1n) is 8.94. The van der Waals surface area contributed by atoms with Crippen LogP contribution in [0.25, 0.3) is 0 Å². The van der Waals surface area contributed by atoms with Crippen LogP contribution in [0.3, 0.4) is 0 Å². The van der Waals surface area contributed by atoms with E-state index in [0.29, 0.717) is 0 Å². The van der Waals surface area contributed by atoms with Gasteiger partial charge in [0.15, 0.2) is 0 Å². The molecule has 132 valence electrons. The van der Waals surface area contributed by atoms with E-state index < -0.39 is 0 Å². The molecule has 0 unspecified atom stereocenters. The Kier molecular flexibility index (Phi) is 5.39. The maximum Gasteiger partial charge on any atom is 0.234 e. The van der Waals surface area contributed by atoms with Gasteiger partial charge in [-0.3, -0.25) is 4.79 Å². The van der Waals surface area contributed by atoms with Crippen LogP contribution in [0.4, 0.5) is 5.69 Å². The molecule has 1 amide bonds. The zero-order valence-electron chi connectivity index (χ0n) is 15.2. The first-order chi connectivity index (χ1) is 12.2. The molecule has 0 aromatic heterocycles. The largest absolute Gasteiger partial charge is 0.497 e. The van der Waals surface area contributed by atoms with E-state index in [2.05, 4.69) is 30.9 Å². The van der Waals surface area contributed by atoms with Crippen LogP contribution in [0, 0.1) is 5.92 Å². The van der Waals surface area contributed by atoms with Crippen molar-refractivity contribution in [2.75, 3.05) is 31.6 Å². The van der Waals surface area contributed by atoms with Gasteiger partial charge < -0.3 is 14.5 Å². The highest BCUT2D eigenvalue weighted by atomic mass is 16.5. The number of hydrogen-bond donors (Lipinski definition) is 0. The van der Waals surface area contributed by atoms with Crippen LogP contribution in [0.5, 0.6) is 5.75 Å². The molecule has 2 aromatic carbocycles. The predicted molar refractivity (Wildman–Crippen MR) is 101 cm³/mol. The fraction of sp³-hybridized carbons (Fsp3) is 0.381. The van der Waals surface area contributed by atoms with Crippen LogP contribution in [-0.4, -0.2) is 37.6 Å². The second kappa shape index (κ2) is 7.70. The van der Waals surface area contributed by atoms with E-state index in [1.165, 1.54) is 5.56 Å². The Balaban J connectivity index is 1.90. The van der Waals surface area contributed by atoms with E-state index in [0.717, 1.165) is 31.1 Å². The zero-order chi connectivity index (χ0) is 17.8. The van der Waals surface area contributed by atoms with E-state index >= 15 is 0 Å². The minimum Gasteiger partial charge on any atom is -0.497 e. The second-order valence-corrected chi connectivity index (χ2v) is 6.35. The number of carbonyl (C=O) groups is 1. The average molecular weight is 338 g/mol. The number of amides is 1. The SMILES string of the molecule is CCN(CC)C[C@@H]1C(=O)N(c2ccc(OC)cc2)[C@@H]1c1ccccc1. The van der Waals surface area contributed by atoms with E-state index in [1.807, 2.05) is 47.4 Å². The summed E-state index contributed by atoms with van der Waals surface area (Å²) in [7, 11) is 1.65. The third-order valence-corrected chi connectivity index (χ3v) is 5.05. The van der Waals surface area contributed by atoms with Gasteiger partial charge in [0.05, 0.1) is 19.1 Å². The lowest BCUT2D eigenvalue weighted by atomic mass is 9.81. The summed E-state index contributed by atoms with van der Waals surface area (Å²) in [5, 5.41) is 0. The molecule has 0 aliphatic carbocycles. The molecule has 1 heterocycles. The number of ether oxygens (including phenoxy) is 1. The smallest absolute Gasteiger partial charge is 0.234 e. The Morgan fingerprint density at radius 2 is 1.64 bits per heavy atom. The lowest BCUT2D eigenvalue weighted by molar-refractivity contribution is -0.131. The number of carbonyl (C=O) groups excluding carboxylic acids is 1. The third-order valence-electron chi connectivity index (χ3n) is 5.05. The first kappa shape index (κ1) is 17.5. The molecule has 2 aromatic rings. The molecule has 25 heavy (non-hydrogen) atoms. The minimum atomic E-state index is 0.00408. The fourth-order valence-electron chi connectivity index (χ4n) is 3.55. The van der Waals surface area contributed by atoms with E-state index in [-0.39, 0.29) is 17.9 Å². The monoisotopic (exact) mass is 338 g/mol. The maximum atomic E-state index is 12.9. The highest BCUT2D eigenvalue weighted by Gasteiger charge is 2.48. The van der Waals surface area contributed by atoms with E-state index in [9.17, 15) is 4.79 Å². The van der Waals surface area contributed by atoms with Gasteiger partial charge in [-0.05, 0) is 42.9 Å². The summed E-state index contributed by atoms with van der Waals surface area (Å²) in [6, 6.07) is 18.1. The summed E-state index contributed by atoms with van der Waals surface area (Å²) < 4.78 is 5.23. The Hall–Kier alpha value is -2.33. The molecule has 4 heteroatoms. The molecule has 2 atom stereocenters. The molecule has 0 spiro atoms. The van der Waals surface area contributed by atoms with Gasteiger partial charge in [-0.2, -0.15) is 0 Å². The number of benzene rings is 2. The lowest BCUT2D eigenvalue weighted by Gasteiger charge is -2.48. The summed E-state index contributed by atoms with van der Waals surface area (Å²) >= 11 is 0. The zero-order valence-corrected chi connectivity index (χ0v) is 15.2. The Labute approximate surface area is 150 Å². The molecule has 1 saturated heterocycles. The van der Waals surface area contributed by atoms with Crippen molar-refractivity contribution in [3.63, 3.8) is 0 Å². The van der Waals surface area contributed by atoms with Gasteiger partial charge in [-0.15, -0.1) is 0 Å². The van der Waals surface area contributed by atoms with Gasteiger partial charge >= 0.3 is 0 Å². The van der Waals surface area contributed by atoms with Gasteiger partial charge in [-0.1, -0.05) is 44.2 Å². The quantitative estimate of drug-likeness (QED) is 0.721. The van der Waals surface area contributed by atoms with Crippen molar-refractivity contribution in [3.05, 3.63) is 60.2 Å². The lowest BCUT2D eigenvalue weighted by Crippen LogP contribution is -2.58. The summed E-state index contributed by atoms with van der Waals surface area (Å²) in [6.07, 6.45) is 0. The topological polar surface area (TPSA) is 32.8 Å². The van der Waals surface area contributed by atoms with Crippen LogP contribution >= 0.6 is 0 Å². The van der Waals surface area contributed by atoms with Crippen molar-refractivity contribution in [3.8, 4) is 5.75 Å². The minimum absolute atomic E-state index is 0.00408. The molecule has 0 radical (unpaired) electrons. The van der Waals surface area contributed by atoms with Crippen LogP contribution in [0.1, 0.15) is 25.5 Å². The van der Waals surface area contributed by atoms with E-state index in [4.69, 9.17) is 4.74 Å². The molecule has 1 aliphatic heterocycles. The molecule has 0 N–H and O–H groups in total. The van der Waals surface area contributed by atoms with Crippen molar-refractivity contribution in [2.45, 2.75) is 19.9 Å². The summed E-state index contributed by atoms with van der Waals surface area (Å²) in [4.78, 5) is 17.2. The number of hydrogen-bond acceptors (Lipinski definition) is 3. The Bertz CT molecular complexity index is 696. The predicted octanol–water partition coefficient (Wildman–Crippen LogP) is 3.74. The van der Waals surface area contributed by atoms with Crippen molar-refractivity contribution in [2.24, 2.45) is 5.92 Å². The number of nitrogens with zero attached hydrogens (tertiary/aromatic N) is 2. The second-order valence-electron chi connectivity index (χ2n) is 6.35. The summed E-state index contributed by atoms with van der Waals surface area (Å²) in [5.41, 5.74) is 2.12. The molecular weight excluding hydrogens is 312 g/mol. The molecule has 4 nitrogen and oxygen atoms in total. The van der Waals surface area contributed by atoms with Crippen molar-refractivity contribution in [1.82, 2.24) is 4.90 Å². The maximum absolute atomic E-state index is 12.9. The normalized spacial score (nSPS) is 19.8. The van der Waals surface area contributed by atoms with Gasteiger partial charge in [0.1, 0.15) is 5.75 Å². The summed E-state index contributed by atoms with van der Waals surface area (Å²) in [6.45, 7) is 7.02. The highest BCUT2D eigenvalue weighted by molar-refractivity contribution is 6.03. The molecule has 0 saturated carbocycles. The number of methoxy groups -OCH3 is 1. The molecule has 1 fully saturated rings. The van der Waals surface area contributed by atoms with Crippen molar-refractivity contribution < 1.29 is 9.53 Å². The van der Waals surface area contributed by atoms with Crippen molar-refractivity contribution >= 4 is 11.6 Å². The molecule has 3 rings (SSSR count). The first-order valence-corrected chi connectivity index (χ1v) is 8.94. The van der Waals surface area contributed by atoms with Gasteiger partial charge in [0.2, 0.25) is 5.91 Å². The standard InChI is InChI=1S/C21H26N2O2/c1-4-22(5-2)15-19-20(16-9-7-6-8-10-16)23(21(19)24)17-11-13-18(25-3)14-12-17/h6-14,19-20H,4-5,15H2,1-3H3/t19-,20+/m0/s1. The number of rotatable bonds is 7. The van der Waals surface area contributed by atoms with Gasteiger partial charge in [-0.25, -0.2) is 0 Å². The summed E-state index contributed by atoms with van der Waals surface area (Å²) in [5.74, 6) is 1.00. The average Bonchev–Trinajstić information content (AvgIpc) is 2.67. The fourth-order valence-corrected chi connectivity index (χ4v) is 3.55. The number of β-lactam (4-membered cyclic amide) rings is 1. The Morgan fingerprint density at radius 1 is 1.00 bits per heavy atom. The van der Waals surface area contributed by atoms with Gasteiger partial charge in [0.25, 0.3) is 0 Å². The van der Waals surface area contributed by atoms with Crippen LogP contribution < -0.4 is 9.64 Å². The molecule has 1 aliphatic rings. The highest BCUT2D eigenvalue weighted by Crippen LogP contribution is 2.44. The molecular formula is C21H26N2O2. The van der Waals surface area contributed by atoms with Crippen LogP contribution in [0.15, 0.2) is 54.6 Å². The van der Waals surface area contributed by atoms with E-state index in [1.54, 1.807) is 7.11 Å². The third kappa shape index (κ3) is 3.40. The number of anilines is 1.